The molecule has 3 nitrogen and oxygen atoms in total. The van der Waals surface area contributed by atoms with Crippen molar-refractivity contribution in [3.63, 3.8) is 0 Å². The second-order valence-corrected chi connectivity index (χ2v) is 3.35. The number of nitro groups is 1. The molecule has 0 N–H and O–H groups in total. The lowest BCUT2D eigenvalue weighted by Crippen LogP contribution is -2.11. The summed E-state index contributed by atoms with van der Waals surface area (Å²) >= 11 is 0. The molecule has 3 heteroatoms. The summed E-state index contributed by atoms with van der Waals surface area (Å²) in [6.45, 7) is 0.171. The lowest BCUT2D eigenvalue weighted by molar-refractivity contribution is -0.481. The maximum Gasteiger partial charge on any atom is 0.204 e. The lowest BCUT2D eigenvalue weighted by Gasteiger charge is -2.19. The molecule has 1 aliphatic rings. The van der Waals surface area contributed by atoms with Gasteiger partial charge < -0.3 is 0 Å². The largest absolute Gasteiger partial charge is 0.265 e. The molecule has 1 aliphatic carbocycles. The lowest BCUT2D eigenvalue weighted by atomic mass is 9.87. The smallest absolute Gasteiger partial charge is 0.204 e. The summed E-state index contributed by atoms with van der Waals surface area (Å²) in [5, 5.41) is 10.0. The van der Waals surface area contributed by atoms with Crippen molar-refractivity contribution in [3.8, 4) is 0 Å². The Labute approximate surface area is 66.9 Å². The Morgan fingerprint density at radius 3 is 2.45 bits per heavy atom. The van der Waals surface area contributed by atoms with E-state index >= 15 is 0 Å². The molecule has 0 saturated heterocycles. The van der Waals surface area contributed by atoms with E-state index in [1.165, 1.54) is 32.1 Å². The van der Waals surface area contributed by atoms with Gasteiger partial charge in [-0.25, -0.2) is 0 Å². The van der Waals surface area contributed by atoms with Crippen LogP contribution in [0.3, 0.4) is 0 Å². The van der Waals surface area contributed by atoms with Gasteiger partial charge in [-0.1, -0.05) is 32.1 Å². The first kappa shape index (κ1) is 8.50. The van der Waals surface area contributed by atoms with E-state index in [-0.39, 0.29) is 11.5 Å². The Balaban J connectivity index is 2.09. The van der Waals surface area contributed by atoms with E-state index in [4.69, 9.17) is 0 Å². The van der Waals surface area contributed by atoms with Crippen molar-refractivity contribution in [1.82, 2.24) is 0 Å². The SMILES string of the molecule is O=[N+]([O-])CCC1CCCCC1. The summed E-state index contributed by atoms with van der Waals surface area (Å²) in [7, 11) is 0. The molecule has 0 atom stereocenters. The van der Waals surface area contributed by atoms with Crippen molar-refractivity contribution in [2.24, 2.45) is 5.92 Å². The van der Waals surface area contributed by atoms with Crippen LogP contribution in [0.5, 0.6) is 0 Å². The van der Waals surface area contributed by atoms with Crippen LogP contribution in [0.25, 0.3) is 0 Å². The van der Waals surface area contributed by atoms with Gasteiger partial charge in [-0.15, -0.1) is 0 Å². The molecular weight excluding hydrogens is 142 g/mol. The molecule has 0 bridgehead atoms. The molecular formula is C8H15NO2. The third-order valence-electron chi connectivity index (χ3n) is 2.44. The molecule has 64 valence electrons. The van der Waals surface area contributed by atoms with Gasteiger partial charge in [0.05, 0.1) is 0 Å². The normalized spacial score (nSPS) is 20.0. The molecule has 0 unspecified atom stereocenters. The van der Waals surface area contributed by atoms with Crippen LogP contribution in [0.15, 0.2) is 0 Å². The van der Waals surface area contributed by atoms with Gasteiger partial charge in [0.1, 0.15) is 0 Å². The van der Waals surface area contributed by atoms with Crippen LogP contribution in [-0.4, -0.2) is 11.5 Å². The first-order valence-electron chi connectivity index (χ1n) is 4.41. The van der Waals surface area contributed by atoms with E-state index in [1.54, 1.807) is 0 Å². The summed E-state index contributed by atoms with van der Waals surface area (Å²) in [6.07, 6.45) is 7.12. The maximum atomic E-state index is 10.0. The zero-order valence-corrected chi connectivity index (χ0v) is 6.79. The van der Waals surface area contributed by atoms with Crippen LogP contribution < -0.4 is 0 Å². The quantitative estimate of drug-likeness (QED) is 0.465. The molecule has 0 aromatic carbocycles. The second kappa shape index (κ2) is 4.31. The topological polar surface area (TPSA) is 43.1 Å². The molecule has 0 heterocycles. The van der Waals surface area contributed by atoms with Gasteiger partial charge in [0, 0.05) is 11.3 Å². The highest BCUT2D eigenvalue weighted by Crippen LogP contribution is 2.25. The van der Waals surface area contributed by atoms with E-state index in [0.717, 1.165) is 6.42 Å². The van der Waals surface area contributed by atoms with Crippen molar-refractivity contribution in [2.45, 2.75) is 38.5 Å². The van der Waals surface area contributed by atoms with Gasteiger partial charge in [0.2, 0.25) is 6.54 Å². The van der Waals surface area contributed by atoms with Crippen LogP contribution in [0.1, 0.15) is 38.5 Å². The van der Waals surface area contributed by atoms with Gasteiger partial charge in [-0.2, -0.15) is 0 Å². The fourth-order valence-electron chi connectivity index (χ4n) is 1.76. The predicted molar refractivity (Wildman–Crippen MR) is 43.1 cm³/mol. The van der Waals surface area contributed by atoms with E-state index < -0.39 is 0 Å². The van der Waals surface area contributed by atoms with Gasteiger partial charge in [-0.05, 0) is 5.92 Å². The second-order valence-electron chi connectivity index (χ2n) is 3.35. The Morgan fingerprint density at radius 1 is 1.27 bits per heavy atom. The number of rotatable bonds is 3. The molecule has 0 amide bonds. The summed E-state index contributed by atoms with van der Waals surface area (Å²) in [6, 6.07) is 0. The van der Waals surface area contributed by atoms with Crippen LogP contribution in [0, 0.1) is 16.0 Å². The molecule has 0 aromatic rings. The molecule has 11 heavy (non-hydrogen) atoms. The maximum absolute atomic E-state index is 10.0. The molecule has 0 aliphatic heterocycles. The molecule has 1 saturated carbocycles. The highest BCUT2D eigenvalue weighted by Gasteiger charge is 2.14. The van der Waals surface area contributed by atoms with Gasteiger partial charge in [-0.3, -0.25) is 10.1 Å². The number of hydrogen-bond acceptors (Lipinski definition) is 2. The number of nitrogens with zero attached hydrogens (tertiary/aromatic N) is 1. The summed E-state index contributed by atoms with van der Waals surface area (Å²) in [4.78, 5) is 9.85. The molecule has 0 aromatic heterocycles. The molecule has 0 radical (unpaired) electrons. The van der Waals surface area contributed by atoms with Gasteiger partial charge >= 0.3 is 0 Å². The Morgan fingerprint density at radius 2 is 1.91 bits per heavy atom. The summed E-state index contributed by atoms with van der Waals surface area (Å²) in [5.74, 6) is 0.647. The Hall–Kier alpha value is -0.600. The molecule has 1 rings (SSSR count). The zero-order chi connectivity index (χ0) is 8.10. The Bertz CT molecular complexity index is 130. The van der Waals surface area contributed by atoms with Crippen LogP contribution in [0.2, 0.25) is 0 Å². The first-order valence-corrected chi connectivity index (χ1v) is 4.41. The zero-order valence-electron chi connectivity index (χ0n) is 6.79. The molecule has 0 spiro atoms. The van der Waals surface area contributed by atoms with Gasteiger partial charge in [0.25, 0.3) is 0 Å². The van der Waals surface area contributed by atoms with Crippen LogP contribution >= 0.6 is 0 Å². The summed E-state index contributed by atoms with van der Waals surface area (Å²) in [5.41, 5.74) is 0. The van der Waals surface area contributed by atoms with Crippen LogP contribution in [-0.2, 0) is 0 Å². The predicted octanol–water partition coefficient (Wildman–Crippen LogP) is 2.23. The first-order chi connectivity index (χ1) is 5.29. The van der Waals surface area contributed by atoms with Crippen molar-refractivity contribution >= 4 is 0 Å². The Kier molecular flexibility index (Phi) is 3.33. The molecule has 1 fully saturated rings. The van der Waals surface area contributed by atoms with E-state index in [1.807, 2.05) is 0 Å². The fraction of sp³-hybridized carbons (Fsp3) is 1.00. The van der Waals surface area contributed by atoms with Gasteiger partial charge in [0.15, 0.2) is 0 Å². The summed E-state index contributed by atoms with van der Waals surface area (Å²) < 4.78 is 0. The minimum atomic E-state index is -0.200. The number of hydrogen-bond donors (Lipinski definition) is 0. The van der Waals surface area contributed by atoms with Crippen molar-refractivity contribution in [3.05, 3.63) is 10.1 Å². The minimum Gasteiger partial charge on any atom is -0.265 e. The van der Waals surface area contributed by atoms with Crippen molar-refractivity contribution < 1.29 is 4.92 Å². The van der Waals surface area contributed by atoms with E-state index in [9.17, 15) is 10.1 Å². The highest BCUT2D eigenvalue weighted by molar-refractivity contribution is 4.64. The third-order valence-corrected chi connectivity index (χ3v) is 2.44. The average molecular weight is 157 g/mol. The standard InChI is InChI=1S/C8H15NO2/c10-9(11)7-6-8-4-2-1-3-5-8/h8H,1-7H2. The monoisotopic (exact) mass is 157 g/mol. The van der Waals surface area contributed by atoms with E-state index in [0.29, 0.717) is 5.92 Å². The van der Waals surface area contributed by atoms with E-state index in [2.05, 4.69) is 0 Å². The van der Waals surface area contributed by atoms with Crippen molar-refractivity contribution in [1.29, 1.82) is 0 Å². The van der Waals surface area contributed by atoms with Crippen LogP contribution in [0.4, 0.5) is 0 Å². The highest BCUT2D eigenvalue weighted by atomic mass is 16.6. The third kappa shape index (κ3) is 3.35. The fourth-order valence-corrected chi connectivity index (χ4v) is 1.76. The minimum absolute atomic E-state index is 0.171. The van der Waals surface area contributed by atoms with Crippen molar-refractivity contribution in [2.75, 3.05) is 6.54 Å². The average Bonchev–Trinajstić information content (AvgIpc) is 2.03.